The monoisotopic (exact) mass is 238 g/mol. The van der Waals surface area contributed by atoms with E-state index in [2.05, 4.69) is 17.5 Å². The summed E-state index contributed by atoms with van der Waals surface area (Å²) in [6, 6.07) is 4.14. The number of hydrogen-bond acceptors (Lipinski definition) is 4. The third-order valence-electron chi connectivity index (χ3n) is 2.43. The van der Waals surface area contributed by atoms with E-state index in [1.807, 2.05) is 6.08 Å². The predicted octanol–water partition coefficient (Wildman–Crippen LogP) is 3.30. The Balaban J connectivity index is 1.96. The van der Waals surface area contributed by atoms with Crippen LogP contribution in [0.4, 0.5) is 0 Å². The second-order valence-corrected chi connectivity index (χ2v) is 5.51. The first-order chi connectivity index (χ1) is 7.34. The van der Waals surface area contributed by atoms with Crippen molar-refractivity contribution in [1.29, 1.82) is 0 Å². The van der Waals surface area contributed by atoms with Crippen LogP contribution in [0.5, 0.6) is 0 Å². The van der Waals surface area contributed by atoms with Gasteiger partial charge in [0.1, 0.15) is 11.9 Å². The minimum atomic E-state index is -0.572. The van der Waals surface area contributed by atoms with Gasteiger partial charge in [-0.3, -0.25) is 0 Å². The third kappa shape index (κ3) is 1.58. The number of ether oxygens (including phenoxy) is 1. The molecule has 0 radical (unpaired) electrons. The predicted molar refractivity (Wildman–Crippen MR) is 63.3 cm³/mol. The molecule has 0 amide bonds. The minimum absolute atomic E-state index is 0.572. The van der Waals surface area contributed by atoms with Crippen LogP contribution in [-0.2, 0) is 4.74 Å². The van der Waals surface area contributed by atoms with Crippen LogP contribution >= 0.6 is 22.7 Å². The Labute approximate surface area is 95.4 Å². The maximum Gasteiger partial charge on any atom is 0.145 e. The molecule has 4 heteroatoms. The Bertz CT molecular complexity index is 481. The van der Waals surface area contributed by atoms with E-state index in [9.17, 15) is 5.11 Å². The van der Waals surface area contributed by atoms with Crippen molar-refractivity contribution in [3.05, 3.63) is 34.2 Å². The van der Waals surface area contributed by atoms with Crippen molar-refractivity contribution in [3.63, 3.8) is 0 Å². The second-order valence-electron chi connectivity index (χ2n) is 3.44. The van der Waals surface area contributed by atoms with Crippen LogP contribution in [0.1, 0.15) is 17.4 Å². The van der Waals surface area contributed by atoms with Gasteiger partial charge < -0.3 is 9.84 Å². The molecule has 0 spiro atoms. The van der Waals surface area contributed by atoms with E-state index in [4.69, 9.17) is 4.74 Å². The highest BCUT2D eigenvalue weighted by molar-refractivity contribution is 7.26. The molecule has 78 valence electrons. The van der Waals surface area contributed by atoms with E-state index in [0.717, 1.165) is 11.3 Å². The van der Waals surface area contributed by atoms with Crippen LogP contribution in [0.15, 0.2) is 29.3 Å². The molecule has 0 fully saturated rings. The Morgan fingerprint density at radius 2 is 2.33 bits per heavy atom. The summed E-state index contributed by atoms with van der Waals surface area (Å²) in [5.74, 6) is 0.712. The van der Waals surface area contributed by atoms with Crippen molar-refractivity contribution in [2.75, 3.05) is 6.61 Å². The fraction of sp³-hybridized carbons (Fsp3) is 0.273. The topological polar surface area (TPSA) is 29.5 Å². The molecule has 0 aliphatic carbocycles. The lowest BCUT2D eigenvalue weighted by Gasteiger charge is -2.09. The summed E-state index contributed by atoms with van der Waals surface area (Å²) in [4.78, 5) is 0.977. The zero-order valence-corrected chi connectivity index (χ0v) is 9.61. The Morgan fingerprint density at radius 1 is 1.40 bits per heavy atom. The highest BCUT2D eigenvalue weighted by Crippen LogP contribution is 2.36. The van der Waals surface area contributed by atoms with Crippen molar-refractivity contribution in [2.24, 2.45) is 0 Å². The summed E-state index contributed by atoms with van der Waals surface area (Å²) in [5.41, 5.74) is 0. The van der Waals surface area contributed by atoms with Crippen LogP contribution in [0, 0.1) is 0 Å². The first-order valence-corrected chi connectivity index (χ1v) is 6.52. The second kappa shape index (κ2) is 3.63. The normalized spacial score (nSPS) is 17.8. The molecule has 1 unspecified atom stereocenters. The largest absolute Gasteiger partial charge is 0.495 e. The van der Waals surface area contributed by atoms with Gasteiger partial charge in [0.2, 0.25) is 0 Å². The van der Waals surface area contributed by atoms with E-state index in [1.54, 1.807) is 22.7 Å². The first-order valence-electron chi connectivity index (χ1n) is 4.82. The van der Waals surface area contributed by atoms with Gasteiger partial charge >= 0.3 is 0 Å². The van der Waals surface area contributed by atoms with Crippen LogP contribution in [0.2, 0.25) is 0 Å². The fourth-order valence-electron chi connectivity index (χ4n) is 1.69. The van der Waals surface area contributed by atoms with E-state index in [0.29, 0.717) is 12.4 Å². The smallest absolute Gasteiger partial charge is 0.145 e. The molecular formula is C11H10O2S2. The SMILES string of the molecule is OC(C1=CCCO1)c1cc2sccc2s1. The van der Waals surface area contributed by atoms with Gasteiger partial charge in [-0.15, -0.1) is 22.7 Å². The molecule has 0 bridgehead atoms. The summed E-state index contributed by atoms with van der Waals surface area (Å²) in [7, 11) is 0. The van der Waals surface area contributed by atoms with Crippen molar-refractivity contribution in [2.45, 2.75) is 12.5 Å². The average molecular weight is 238 g/mol. The molecule has 3 rings (SSSR count). The van der Waals surface area contributed by atoms with Gasteiger partial charge in [-0.2, -0.15) is 0 Å². The average Bonchev–Trinajstić information content (AvgIpc) is 2.92. The lowest BCUT2D eigenvalue weighted by molar-refractivity contribution is 0.121. The molecule has 0 saturated heterocycles. The van der Waals surface area contributed by atoms with Gasteiger partial charge in [-0.05, 0) is 23.6 Å². The Morgan fingerprint density at radius 3 is 3.07 bits per heavy atom. The Kier molecular flexibility index (Phi) is 2.27. The summed E-state index contributed by atoms with van der Waals surface area (Å²) in [6.45, 7) is 0.701. The summed E-state index contributed by atoms with van der Waals surface area (Å²) in [5, 5.41) is 12.1. The van der Waals surface area contributed by atoms with Crippen LogP contribution in [0.3, 0.4) is 0 Å². The van der Waals surface area contributed by atoms with E-state index in [-0.39, 0.29) is 0 Å². The highest BCUT2D eigenvalue weighted by Gasteiger charge is 2.20. The summed E-state index contributed by atoms with van der Waals surface area (Å²) in [6.07, 6.45) is 2.31. The van der Waals surface area contributed by atoms with Gasteiger partial charge in [0, 0.05) is 20.7 Å². The van der Waals surface area contributed by atoms with Crippen LogP contribution in [-0.4, -0.2) is 11.7 Å². The standard InChI is InChI=1S/C11H10O2S2/c12-11(7-2-1-4-13-7)10-6-9-8(15-10)3-5-14-9/h2-3,5-6,11-12H,1,4H2. The molecule has 0 saturated carbocycles. The number of hydrogen-bond donors (Lipinski definition) is 1. The molecule has 1 atom stereocenters. The quantitative estimate of drug-likeness (QED) is 0.870. The van der Waals surface area contributed by atoms with Gasteiger partial charge in [0.25, 0.3) is 0 Å². The maximum atomic E-state index is 10.1. The summed E-state index contributed by atoms with van der Waals surface area (Å²) < 4.78 is 7.85. The third-order valence-corrected chi connectivity index (χ3v) is 4.58. The molecule has 1 aliphatic rings. The fourth-order valence-corrected chi connectivity index (χ4v) is 3.80. The molecule has 15 heavy (non-hydrogen) atoms. The van der Waals surface area contributed by atoms with Gasteiger partial charge in [-0.1, -0.05) is 0 Å². The van der Waals surface area contributed by atoms with Crippen molar-refractivity contribution >= 4 is 32.1 Å². The first kappa shape index (κ1) is 9.39. The zero-order valence-electron chi connectivity index (χ0n) is 7.97. The van der Waals surface area contributed by atoms with Gasteiger partial charge in [-0.25, -0.2) is 0 Å². The van der Waals surface area contributed by atoms with E-state index >= 15 is 0 Å². The Hall–Kier alpha value is -0.840. The zero-order chi connectivity index (χ0) is 10.3. The van der Waals surface area contributed by atoms with E-state index < -0.39 is 6.10 Å². The molecule has 1 N–H and O–H groups in total. The molecule has 2 aromatic rings. The number of thiophene rings is 2. The molecule has 2 nitrogen and oxygen atoms in total. The molecular weight excluding hydrogens is 228 g/mol. The van der Waals surface area contributed by atoms with Crippen LogP contribution in [0.25, 0.3) is 9.40 Å². The molecule has 1 aliphatic heterocycles. The number of aliphatic hydroxyl groups is 1. The summed E-state index contributed by atoms with van der Waals surface area (Å²) >= 11 is 3.35. The molecule has 0 aromatic carbocycles. The number of fused-ring (bicyclic) bond motifs is 1. The van der Waals surface area contributed by atoms with E-state index in [1.165, 1.54) is 9.40 Å². The number of rotatable bonds is 2. The van der Waals surface area contributed by atoms with Crippen molar-refractivity contribution in [1.82, 2.24) is 0 Å². The lowest BCUT2D eigenvalue weighted by atomic mass is 10.2. The lowest BCUT2D eigenvalue weighted by Crippen LogP contribution is -1.99. The van der Waals surface area contributed by atoms with Gasteiger partial charge in [0.05, 0.1) is 6.61 Å². The van der Waals surface area contributed by atoms with Gasteiger partial charge in [0.15, 0.2) is 0 Å². The maximum absolute atomic E-state index is 10.1. The minimum Gasteiger partial charge on any atom is -0.495 e. The van der Waals surface area contributed by atoms with Crippen LogP contribution < -0.4 is 0 Å². The highest BCUT2D eigenvalue weighted by atomic mass is 32.1. The van der Waals surface area contributed by atoms with Crippen molar-refractivity contribution in [3.8, 4) is 0 Å². The molecule has 3 heterocycles. The number of aliphatic hydroxyl groups excluding tert-OH is 1. The van der Waals surface area contributed by atoms with Crippen molar-refractivity contribution < 1.29 is 9.84 Å². The molecule has 2 aromatic heterocycles.